The Morgan fingerprint density at radius 3 is 2.71 bits per heavy atom. The Kier molecular flexibility index (Phi) is 3.20. The van der Waals surface area contributed by atoms with Crippen molar-refractivity contribution in [3.05, 3.63) is 47.2 Å². The highest BCUT2D eigenvalue weighted by atomic mass is 35.5. The molecule has 0 saturated carbocycles. The van der Waals surface area contributed by atoms with Gasteiger partial charge in [0.25, 0.3) is 5.91 Å². The van der Waals surface area contributed by atoms with Crippen LogP contribution in [-0.2, 0) is 0 Å². The maximum Gasteiger partial charge on any atom is 0.276 e. The van der Waals surface area contributed by atoms with Crippen LogP contribution < -0.4 is 5.32 Å². The minimum Gasteiger partial charge on any atom is -0.508 e. The van der Waals surface area contributed by atoms with E-state index in [2.05, 4.69) is 15.5 Å². The Hall–Kier alpha value is -2.14. The van der Waals surface area contributed by atoms with Gasteiger partial charge < -0.3 is 10.4 Å². The first-order chi connectivity index (χ1) is 8.15. The van der Waals surface area contributed by atoms with Crippen molar-refractivity contribution in [3.8, 4) is 5.75 Å². The molecule has 0 aliphatic carbocycles. The fourth-order valence-electron chi connectivity index (χ4n) is 1.22. The number of amides is 1. The number of benzene rings is 1. The summed E-state index contributed by atoms with van der Waals surface area (Å²) in [5.74, 6) is -0.343. The van der Waals surface area contributed by atoms with Crippen LogP contribution in [0.4, 0.5) is 5.69 Å². The number of aromatic hydroxyl groups is 1. The van der Waals surface area contributed by atoms with E-state index in [4.69, 9.17) is 11.6 Å². The molecule has 2 N–H and O–H groups in total. The van der Waals surface area contributed by atoms with Gasteiger partial charge in [0.15, 0.2) is 10.8 Å². The van der Waals surface area contributed by atoms with Crippen LogP contribution in [0, 0.1) is 0 Å². The fourth-order valence-corrected chi connectivity index (χ4v) is 1.32. The second-order valence-electron chi connectivity index (χ2n) is 3.25. The lowest BCUT2D eigenvalue weighted by Gasteiger charge is -2.04. The highest BCUT2D eigenvalue weighted by molar-refractivity contribution is 6.29. The monoisotopic (exact) mass is 249 g/mol. The predicted octanol–water partition coefficient (Wildman–Crippen LogP) is 2.09. The maximum absolute atomic E-state index is 11.7. The van der Waals surface area contributed by atoms with Gasteiger partial charge in [-0.3, -0.25) is 4.79 Å². The number of aromatic nitrogens is 2. The largest absolute Gasteiger partial charge is 0.508 e. The first-order valence-electron chi connectivity index (χ1n) is 4.75. The smallest absolute Gasteiger partial charge is 0.276 e. The molecule has 5 nitrogen and oxygen atoms in total. The molecule has 0 bridgehead atoms. The van der Waals surface area contributed by atoms with E-state index in [0.717, 1.165) is 0 Å². The van der Waals surface area contributed by atoms with Crippen LogP contribution >= 0.6 is 11.6 Å². The molecule has 0 spiro atoms. The lowest BCUT2D eigenvalue weighted by molar-refractivity contribution is 0.102. The Labute approximate surface area is 102 Å². The van der Waals surface area contributed by atoms with Crippen LogP contribution in [0.15, 0.2) is 36.4 Å². The van der Waals surface area contributed by atoms with E-state index >= 15 is 0 Å². The summed E-state index contributed by atoms with van der Waals surface area (Å²) >= 11 is 5.56. The third-order valence-corrected chi connectivity index (χ3v) is 2.17. The molecule has 0 aliphatic heterocycles. The molecule has 1 aromatic heterocycles. The van der Waals surface area contributed by atoms with E-state index < -0.39 is 5.91 Å². The second-order valence-corrected chi connectivity index (χ2v) is 3.63. The minimum atomic E-state index is -0.417. The van der Waals surface area contributed by atoms with Gasteiger partial charge in [0.05, 0.1) is 0 Å². The van der Waals surface area contributed by atoms with Crippen LogP contribution in [0.2, 0.25) is 5.15 Å². The lowest BCUT2D eigenvalue weighted by Crippen LogP contribution is -2.14. The molecule has 0 fully saturated rings. The van der Waals surface area contributed by atoms with Gasteiger partial charge in [-0.05, 0) is 24.3 Å². The predicted molar refractivity (Wildman–Crippen MR) is 63.1 cm³/mol. The lowest BCUT2D eigenvalue weighted by atomic mass is 10.3. The number of anilines is 1. The molecule has 0 atom stereocenters. The Morgan fingerprint density at radius 2 is 2.06 bits per heavy atom. The molecule has 0 saturated heterocycles. The number of nitrogens with one attached hydrogen (secondary N) is 1. The van der Waals surface area contributed by atoms with Crippen LogP contribution in [0.3, 0.4) is 0 Å². The number of hydrogen-bond donors (Lipinski definition) is 2. The fraction of sp³-hybridized carbons (Fsp3) is 0. The maximum atomic E-state index is 11.7. The number of carbonyl (C=O) groups is 1. The molecule has 1 amide bonds. The molecule has 6 heteroatoms. The van der Waals surface area contributed by atoms with Gasteiger partial charge in [-0.15, -0.1) is 10.2 Å². The normalized spacial score (nSPS) is 9.94. The van der Waals surface area contributed by atoms with E-state index in [-0.39, 0.29) is 16.6 Å². The summed E-state index contributed by atoms with van der Waals surface area (Å²) in [6.07, 6.45) is 0. The molecular weight excluding hydrogens is 242 g/mol. The molecule has 86 valence electrons. The summed E-state index contributed by atoms with van der Waals surface area (Å²) in [7, 11) is 0. The molecule has 17 heavy (non-hydrogen) atoms. The first kappa shape index (κ1) is 11.3. The van der Waals surface area contributed by atoms with E-state index in [1.54, 1.807) is 12.1 Å². The van der Waals surface area contributed by atoms with Crippen molar-refractivity contribution in [2.75, 3.05) is 5.32 Å². The van der Waals surface area contributed by atoms with Gasteiger partial charge in [-0.25, -0.2) is 0 Å². The Bertz CT molecular complexity index is 543. The van der Waals surface area contributed by atoms with Crippen LogP contribution in [0.5, 0.6) is 5.75 Å². The van der Waals surface area contributed by atoms with E-state index in [0.29, 0.717) is 5.69 Å². The van der Waals surface area contributed by atoms with Crippen molar-refractivity contribution in [1.82, 2.24) is 10.2 Å². The zero-order valence-electron chi connectivity index (χ0n) is 8.59. The van der Waals surface area contributed by atoms with Gasteiger partial charge in [0.1, 0.15) is 5.75 Å². The molecule has 2 rings (SSSR count). The third kappa shape index (κ3) is 2.92. The quantitative estimate of drug-likeness (QED) is 0.855. The number of phenols is 1. The number of phenolic OH excluding ortho intramolecular Hbond substituents is 1. The number of rotatable bonds is 2. The van der Waals surface area contributed by atoms with Crippen molar-refractivity contribution < 1.29 is 9.90 Å². The average molecular weight is 250 g/mol. The zero-order valence-corrected chi connectivity index (χ0v) is 9.35. The minimum absolute atomic E-state index is 0.0741. The SMILES string of the molecule is O=C(Nc1cccc(O)c1)c1ccc(Cl)nn1. The molecule has 2 aromatic rings. The first-order valence-corrected chi connectivity index (χ1v) is 5.12. The van der Waals surface area contributed by atoms with Crippen LogP contribution in [-0.4, -0.2) is 21.2 Å². The molecular formula is C11H8ClN3O2. The van der Waals surface area contributed by atoms with E-state index in [1.165, 1.54) is 24.3 Å². The average Bonchev–Trinajstić information content (AvgIpc) is 2.29. The van der Waals surface area contributed by atoms with Crippen molar-refractivity contribution in [2.45, 2.75) is 0 Å². The van der Waals surface area contributed by atoms with Crippen molar-refractivity contribution in [2.24, 2.45) is 0 Å². The number of halogens is 1. The number of nitrogens with zero attached hydrogens (tertiary/aromatic N) is 2. The zero-order chi connectivity index (χ0) is 12.3. The molecule has 0 unspecified atom stereocenters. The van der Waals surface area contributed by atoms with Gasteiger partial charge in [0.2, 0.25) is 0 Å². The Morgan fingerprint density at radius 1 is 1.24 bits per heavy atom. The number of carbonyl (C=O) groups excluding carboxylic acids is 1. The van der Waals surface area contributed by atoms with Gasteiger partial charge in [0, 0.05) is 11.8 Å². The van der Waals surface area contributed by atoms with Crippen molar-refractivity contribution >= 4 is 23.2 Å². The van der Waals surface area contributed by atoms with Gasteiger partial charge in [-0.2, -0.15) is 0 Å². The molecule has 0 radical (unpaired) electrons. The second kappa shape index (κ2) is 4.80. The summed E-state index contributed by atoms with van der Waals surface area (Å²) in [4.78, 5) is 11.7. The van der Waals surface area contributed by atoms with Gasteiger partial charge >= 0.3 is 0 Å². The summed E-state index contributed by atoms with van der Waals surface area (Å²) in [5.41, 5.74) is 0.629. The molecule has 0 aliphatic rings. The van der Waals surface area contributed by atoms with Crippen molar-refractivity contribution in [3.63, 3.8) is 0 Å². The third-order valence-electron chi connectivity index (χ3n) is 1.97. The van der Waals surface area contributed by atoms with Crippen molar-refractivity contribution in [1.29, 1.82) is 0 Å². The standard InChI is InChI=1S/C11H8ClN3O2/c12-10-5-4-9(14-15-10)11(17)13-7-2-1-3-8(16)6-7/h1-6,16H,(H,13,17). The van der Waals surface area contributed by atoms with E-state index in [9.17, 15) is 9.90 Å². The highest BCUT2D eigenvalue weighted by Gasteiger charge is 2.08. The highest BCUT2D eigenvalue weighted by Crippen LogP contribution is 2.16. The van der Waals surface area contributed by atoms with Crippen LogP contribution in [0.1, 0.15) is 10.5 Å². The van der Waals surface area contributed by atoms with Gasteiger partial charge in [-0.1, -0.05) is 17.7 Å². The summed E-state index contributed by atoms with van der Waals surface area (Å²) in [5, 5.41) is 19.2. The Balaban J connectivity index is 2.14. The van der Waals surface area contributed by atoms with Crippen LogP contribution in [0.25, 0.3) is 0 Å². The summed E-state index contributed by atoms with van der Waals surface area (Å²) in [6.45, 7) is 0. The summed E-state index contributed by atoms with van der Waals surface area (Å²) in [6, 6.07) is 9.16. The molecule has 1 aromatic carbocycles. The van der Waals surface area contributed by atoms with E-state index in [1.807, 2.05) is 0 Å². The summed E-state index contributed by atoms with van der Waals surface area (Å²) < 4.78 is 0. The topological polar surface area (TPSA) is 75.1 Å². The molecule has 1 heterocycles. The number of hydrogen-bond acceptors (Lipinski definition) is 4.